The SMILES string of the molecule is CC1CC(C)CN(C(=O)C2(C(N)=S)CC(C)C2)C1. The topological polar surface area (TPSA) is 46.3 Å². The monoisotopic (exact) mass is 268 g/mol. The van der Waals surface area contributed by atoms with E-state index >= 15 is 0 Å². The number of nitrogens with zero attached hydrogens (tertiary/aromatic N) is 1. The Bertz CT molecular complexity index is 353. The first kappa shape index (κ1) is 13.8. The number of hydrogen-bond acceptors (Lipinski definition) is 2. The molecule has 0 bridgehead atoms. The second-order valence-electron chi connectivity index (χ2n) is 6.62. The lowest BCUT2D eigenvalue weighted by atomic mass is 9.61. The zero-order valence-electron chi connectivity index (χ0n) is 11.6. The Hall–Kier alpha value is -0.640. The van der Waals surface area contributed by atoms with Gasteiger partial charge in [0.1, 0.15) is 0 Å². The third-order valence-electron chi connectivity index (χ3n) is 4.43. The van der Waals surface area contributed by atoms with Gasteiger partial charge in [0.2, 0.25) is 5.91 Å². The fourth-order valence-corrected chi connectivity index (χ4v) is 4.00. The molecule has 18 heavy (non-hydrogen) atoms. The highest BCUT2D eigenvalue weighted by Gasteiger charge is 2.52. The summed E-state index contributed by atoms with van der Waals surface area (Å²) in [5.41, 5.74) is 5.33. The highest BCUT2D eigenvalue weighted by atomic mass is 32.1. The molecule has 1 aliphatic carbocycles. The molecule has 2 aliphatic rings. The van der Waals surface area contributed by atoms with Crippen molar-refractivity contribution in [3.8, 4) is 0 Å². The smallest absolute Gasteiger partial charge is 0.235 e. The molecule has 0 aromatic heterocycles. The number of hydrogen-bond donors (Lipinski definition) is 1. The van der Waals surface area contributed by atoms with Crippen molar-refractivity contribution >= 4 is 23.1 Å². The number of nitrogens with two attached hydrogens (primary N) is 1. The lowest BCUT2D eigenvalue weighted by Gasteiger charge is -2.48. The van der Waals surface area contributed by atoms with Crippen molar-refractivity contribution in [3.63, 3.8) is 0 Å². The van der Waals surface area contributed by atoms with Crippen LogP contribution in [0.25, 0.3) is 0 Å². The van der Waals surface area contributed by atoms with Gasteiger partial charge in [-0.3, -0.25) is 4.79 Å². The predicted octanol–water partition coefficient (Wildman–Crippen LogP) is 2.19. The van der Waals surface area contributed by atoms with Crippen LogP contribution in [-0.4, -0.2) is 28.9 Å². The van der Waals surface area contributed by atoms with Crippen molar-refractivity contribution < 1.29 is 4.79 Å². The summed E-state index contributed by atoms with van der Waals surface area (Å²) in [5.74, 6) is 1.92. The second kappa shape index (κ2) is 4.80. The first-order chi connectivity index (χ1) is 8.35. The molecule has 0 aromatic rings. The van der Waals surface area contributed by atoms with Crippen LogP contribution in [-0.2, 0) is 4.79 Å². The molecule has 2 rings (SSSR count). The first-order valence-electron chi connectivity index (χ1n) is 6.94. The number of thiocarbonyl (C=S) groups is 1. The number of amides is 1. The third-order valence-corrected chi connectivity index (χ3v) is 4.82. The maximum absolute atomic E-state index is 12.7. The minimum atomic E-state index is -0.522. The molecule has 0 aromatic carbocycles. The third kappa shape index (κ3) is 2.27. The molecule has 102 valence electrons. The van der Waals surface area contributed by atoms with Gasteiger partial charge in [-0.25, -0.2) is 0 Å². The van der Waals surface area contributed by atoms with Crippen LogP contribution in [0.4, 0.5) is 0 Å². The number of carbonyl (C=O) groups is 1. The quantitative estimate of drug-likeness (QED) is 0.781. The average Bonchev–Trinajstić information content (AvgIpc) is 2.21. The number of carbonyl (C=O) groups excluding carboxylic acids is 1. The van der Waals surface area contributed by atoms with Crippen molar-refractivity contribution in [1.29, 1.82) is 0 Å². The van der Waals surface area contributed by atoms with E-state index in [0.717, 1.165) is 25.9 Å². The van der Waals surface area contributed by atoms with Gasteiger partial charge in [0, 0.05) is 13.1 Å². The van der Waals surface area contributed by atoms with Gasteiger partial charge in [0.05, 0.1) is 10.4 Å². The van der Waals surface area contributed by atoms with E-state index in [-0.39, 0.29) is 5.91 Å². The van der Waals surface area contributed by atoms with Gasteiger partial charge < -0.3 is 10.6 Å². The van der Waals surface area contributed by atoms with E-state index < -0.39 is 5.41 Å². The molecule has 1 saturated carbocycles. The molecular weight excluding hydrogens is 244 g/mol. The summed E-state index contributed by atoms with van der Waals surface area (Å²) < 4.78 is 0. The number of likely N-dealkylation sites (tertiary alicyclic amines) is 1. The van der Waals surface area contributed by atoms with E-state index in [1.165, 1.54) is 6.42 Å². The maximum atomic E-state index is 12.7. The fraction of sp³-hybridized carbons (Fsp3) is 0.857. The lowest BCUT2D eigenvalue weighted by Crippen LogP contribution is -2.59. The summed E-state index contributed by atoms with van der Waals surface area (Å²) in [7, 11) is 0. The van der Waals surface area contributed by atoms with Crippen molar-refractivity contribution in [2.45, 2.75) is 40.0 Å². The van der Waals surface area contributed by atoms with Crippen LogP contribution < -0.4 is 5.73 Å². The molecule has 0 spiro atoms. The molecule has 2 N–H and O–H groups in total. The molecule has 0 radical (unpaired) electrons. The van der Waals surface area contributed by atoms with Crippen LogP contribution in [0.1, 0.15) is 40.0 Å². The fourth-order valence-electron chi connectivity index (χ4n) is 3.74. The van der Waals surface area contributed by atoms with Crippen molar-refractivity contribution in [3.05, 3.63) is 0 Å². The molecular formula is C14H24N2OS. The van der Waals surface area contributed by atoms with E-state index in [4.69, 9.17) is 18.0 Å². The van der Waals surface area contributed by atoms with Crippen molar-refractivity contribution in [2.75, 3.05) is 13.1 Å². The van der Waals surface area contributed by atoms with Gasteiger partial charge in [-0.15, -0.1) is 0 Å². The summed E-state index contributed by atoms with van der Waals surface area (Å²) in [6, 6.07) is 0. The Balaban J connectivity index is 2.12. The van der Waals surface area contributed by atoms with E-state index in [2.05, 4.69) is 20.8 Å². The van der Waals surface area contributed by atoms with Crippen molar-refractivity contribution in [1.82, 2.24) is 4.90 Å². The van der Waals surface area contributed by atoms with E-state index in [9.17, 15) is 4.79 Å². The second-order valence-corrected chi connectivity index (χ2v) is 7.06. The minimum Gasteiger partial charge on any atom is -0.392 e. The Kier molecular flexibility index (Phi) is 3.67. The van der Waals surface area contributed by atoms with Crippen LogP contribution in [0.5, 0.6) is 0 Å². The van der Waals surface area contributed by atoms with Gasteiger partial charge in [-0.1, -0.05) is 33.0 Å². The summed E-state index contributed by atoms with van der Waals surface area (Å²) in [6.07, 6.45) is 2.88. The Morgan fingerprint density at radius 2 is 1.67 bits per heavy atom. The Morgan fingerprint density at radius 3 is 2.06 bits per heavy atom. The van der Waals surface area contributed by atoms with Gasteiger partial charge >= 0.3 is 0 Å². The average molecular weight is 268 g/mol. The predicted molar refractivity (Wildman–Crippen MR) is 77.1 cm³/mol. The Labute approximate surface area is 115 Å². The summed E-state index contributed by atoms with van der Waals surface area (Å²) in [4.78, 5) is 15.1. The van der Waals surface area contributed by atoms with E-state index in [0.29, 0.717) is 22.7 Å². The van der Waals surface area contributed by atoms with Gasteiger partial charge in [-0.05, 0) is 37.0 Å². The summed E-state index contributed by atoms with van der Waals surface area (Å²) >= 11 is 5.17. The normalized spacial score (nSPS) is 40.2. The lowest BCUT2D eigenvalue weighted by molar-refractivity contribution is -0.146. The van der Waals surface area contributed by atoms with Crippen LogP contribution in [0, 0.1) is 23.2 Å². The molecule has 2 atom stereocenters. The number of rotatable bonds is 2. The molecule has 1 heterocycles. The zero-order valence-corrected chi connectivity index (χ0v) is 12.4. The van der Waals surface area contributed by atoms with Crippen LogP contribution in [0.3, 0.4) is 0 Å². The molecule has 1 aliphatic heterocycles. The highest BCUT2D eigenvalue weighted by Crippen LogP contribution is 2.47. The summed E-state index contributed by atoms with van der Waals surface area (Å²) in [5, 5.41) is 0. The largest absolute Gasteiger partial charge is 0.392 e. The molecule has 3 nitrogen and oxygen atoms in total. The standard InChI is InChI=1S/C14H24N2OS/c1-9-4-10(2)8-16(7-9)13(17)14(12(15)18)5-11(3)6-14/h9-11H,4-8H2,1-3H3,(H2,15,18). The molecule has 2 fully saturated rings. The van der Waals surface area contributed by atoms with Gasteiger partial charge in [-0.2, -0.15) is 0 Å². The Morgan fingerprint density at radius 1 is 1.17 bits per heavy atom. The highest BCUT2D eigenvalue weighted by molar-refractivity contribution is 7.80. The molecule has 4 heteroatoms. The summed E-state index contributed by atoms with van der Waals surface area (Å²) in [6.45, 7) is 8.31. The van der Waals surface area contributed by atoms with Crippen LogP contribution >= 0.6 is 12.2 Å². The van der Waals surface area contributed by atoms with Crippen molar-refractivity contribution in [2.24, 2.45) is 28.9 Å². The van der Waals surface area contributed by atoms with Crippen LogP contribution in [0.2, 0.25) is 0 Å². The molecule has 2 unspecified atom stereocenters. The van der Waals surface area contributed by atoms with Crippen LogP contribution in [0.15, 0.2) is 0 Å². The van der Waals surface area contributed by atoms with E-state index in [1.54, 1.807) is 0 Å². The first-order valence-corrected chi connectivity index (χ1v) is 7.35. The van der Waals surface area contributed by atoms with E-state index in [1.807, 2.05) is 4.90 Å². The molecule has 1 amide bonds. The molecule has 1 saturated heterocycles. The van der Waals surface area contributed by atoms with Gasteiger partial charge in [0.15, 0.2) is 0 Å². The zero-order chi connectivity index (χ0) is 13.5. The maximum Gasteiger partial charge on any atom is 0.235 e. The number of piperidine rings is 1. The minimum absolute atomic E-state index is 0.187. The van der Waals surface area contributed by atoms with Gasteiger partial charge in [0.25, 0.3) is 0 Å².